The Hall–Kier alpha value is -3.28. The van der Waals surface area contributed by atoms with Crippen molar-refractivity contribution in [1.82, 2.24) is 5.01 Å². The van der Waals surface area contributed by atoms with Crippen molar-refractivity contribution in [3.8, 4) is 11.5 Å². The molecule has 2 fully saturated rings. The Morgan fingerprint density at radius 3 is 2.28 bits per heavy atom. The molecule has 4 atom stereocenters. The monoisotopic (exact) mass is 601 g/mol. The van der Waals surface area contributed by atoms with Crippen molar-refractivity contribution in [1.29, 1.82) is 0 Å². The summed E-state index contributed by atoms with van der Waals surface area (Å²) in [6.07, 6.45) is 7.55. The maximum absolute atomic E-state index is 13.0. The second-order valence-corrected chi connectivity index (χ2v) is 10.2. The van der Waals surface area contributed by atoms with Crippen LogP contribution in [0.4, 0.5) is 5.69 Å². The van der Waals surface area contributed by atoms with Crippen molar-refractivity contribution in [2.24, 2.45) is 28.8 Å². The smallest absolute Gasteiger partial charge is 0.269 e. The molecule has 0 N–H and O–H groups in total. The molecule has 36 heavy (non-hydrogen) atoms. The number of carbonyl (C=O) groups excluding carboxylic acids is 2. The molecule has 186 valence electrons. The van der Waals surface area contributed by atoms with Crippen LogP contribution in [-0.4, -0.2) is 34.6 Å². The van der Waals surface area contributed by atoms with Gasteiger partial charge in [0.15, 0.2) is 11.5 Å². The molecule has 0 radical (unpaired) electrons. The summed E-state index contributed by atoms with van der Waals surface area (Å²) in [7, 11) is 0. The molecule has 0 unspecified atom stereocenters. The molecule has 10 heteroatoms. The van der Waals surface area contributed by atoms with Gasteiger partial charge < -0.3 is 9.47 Å². The summed E-state index contributed by atoms with van der Waals surface area (Å²) in [5.74, 6) is 0.243. The first-order valence-corrected chi connectivity index (χ1v) is 12.9. The SMILES string of the molecule is CCOc1cc(/C=N\N2C(=O)[C@@H]3[C@H](C2=O)[C@H]2C=C[C@H]3CC2)cc(I)c1OCc1ccc([N+](=O)[O-])cc1. The molecule has 1 aliphatic heterocycles. The van der Waals surface area contributed by atoms with Crippen LogP contribution in [0.15, 0.2) is 53.7 Å². The maximum atomic E-state index is 13.0. The Morgan fingerprint density at radius 2 is 1.72 bits per heavy atom. The Bertz CT molecular complexity index is 1240. The molecule has 2 aromatic carbocycles. The number of amides is 2. The maximum Gasteiger partial charge on any atom is 0.269 e. The summed E-state index contributed by atoms with van der Waals surface area (Å²) in [6.45, 7) is 2.48. The first-order chi connectivity index (χ1) is 17.4. The number of ether oxygens (including phenoxy) is 2. The number of halogens is 1. The number of non-ortho nitro benzene ring substituents is 1. The fourth-order valence-electron chi connectivity index (χ4n) is 5.23. The van der Waals surface area contributed by atoms with Crippen LogP contribution in [0.5, 0.6) is 11.5 Å². The molecule has 1 heterocycles. The zero-order valence-electron chi connectivity index (χ0n) is 19.5. The van der Waals surface area contributed by atoms with Gasteiger partial charge in [0.05, 0.1) is 33.2 Å². The fourth-order valence-corrected chi connectivity index (χ4v) is 6.01. The fraction of sp³-hybridized carbons (Fsp3) is 0.346. The largest absolute Gasteiger partial charge is 0.490 e. The highest BCUT2D eigenvalue weighted by atomic mass is 127. The van der Waals surface area contributed by atoms with E-state index in [-0.39, 0.29) is 47.8 Å². The molecular weight excluding hydrogens is 577 g/mol. The third-order valence-corrected chi connectivity index (χ3v) is 7.72. The number of rotatable bonds is 8. The normalized spacial score (nSPS) is 24.4. The topological polar surface area (TPSA) is 111 Å². The van der Waals surface area contributed by atoms with Crippen molar-refractivity contribution < 1.29 is 24.0 Å². The molecule has 3 aliphatic carbocycles. The van der Waals surface area contributed by atoms with Gasteiger partial charge in [-0.3, -0.25) is 19.7 Å². The van der Waals surface area contributed by atoms with Crippen LogP contribution in [0.2, 0.25) is 0 Å². The lowest BCUT2D eigenvalue weighted by atomic mass is 9.63. The van der Waals surface area contributed by atoms with E-state index < -0.39 is 4.92 Å². The van der Waals surface area contributed by atoms with Gasteiger partial charge in [-0.25, -0.2) is 0 Å². The Labute approximate surface area is 221 Å². The van der Waals surface area contributed by atoms with Gasteiger partial charge in [-0.1, -0.05) is 12.2 Å². The summed E-state index contributed by atoms with van der Waals surface area (Å²) in [5, 5.41) is 16.2. The number of nitro benzene ring substituents is 1. The average Bonchev–Trinajstić information content (AvgIpc) is 3.15. The van der Waals surface area contributed by atoms with Crippen molar-refractivity contribution in [2.75, 3.05) is 6.61 Å². The van der Waals surface area contributed by atoms with E-state index >= 15 is 0 Å². The number of hydrogen-bond acceptors (Lipinski definition) is 7. The van der Waals surface area contributed by atoms with E-state index in [2.05, 4.69) is 39.8 Å². The highest BCUT2D eigenvalue weighted by Crippen LogP contribution is 2.49. The lowest BCUT2D eigenvalue weighted by Crippen LogP contribution is -2.38. The van der Waals surface area contributed by atoms with E-state index in [4.69, 9.17) is 9.47 Å². The van der Waals surface area contributed by atoms with Crippen LogP contribution in [0, 0.1) is 37.4 Å². The molecule has 2 bridgehead atoms. The molecule has 0 spiro atoms. The molecule has 6 rings (SSSR count). The Kier molecular flexibility index (Phi) is 6.78. The predicted octanol–water partition coefficient (Wildman–Crippen LogP) is 4.71. The summed E-state index contributed by atoms with van der Waals surface area (Å²) in [6, 6.07) is 9.76. The van der Waals surface area contributed by atoms with Crippen LogP contribution in [0.1, 0.15) is 30.9 Å². The summed E-state index contributed by atoms with van der Waals surface area (Å²) >= 11 is 2.13. The van der Waals surface area contributed by atoms with Crippen molar-refractivity contribution in [3.05, 3.63) is 73.4 Å². The second kappa shape index (κ2) is 10.00. The molecule has 0 aromatic heterocycles. The van der Waals surface area contributed by atoms with E-state index in [1.807, 2.05) is 13.0 Å². The minimum Gasteiger partial charge on any atom is -0.490 e. The van der Waals surface area contributed by atoms with E-state index in [0.29, 0.717) is 23.7 Å². The first-order valence-electron chi connectivity index (χ1n) is 11.8. The van der Waals surface area contributed by atoms with Crippen LogP contribution in [0.3, 0.4) is 0 Å². The molecule has 2 aromatic rings. The van der Waals surface area contributed by atoms with Crippen LogP contribution in [0.25, 0.3) is 0 Å². The zero-order valence-corrected chi connectivity index (χ0v) is 21.7. The standard InChI is InChI=1S/C26H24IN3O6/c1-2-35-21-12-16(11-20(27)24(21)36-14-15-3-9-19(10-4-15)30(33)34)13-28-29-25(31)22-17-5-6-18(8-7-17)23(22)26(29)32/h3-6,9-13,17-18,22-23H,2,7-8,14H2,1H3/b28-13-/t17-,18-,22-,23+/m0/s1. The van der Waals surface area contributed by atoms with Gasteiger partial charge >= 0.3 is 0 Å². The van der Waals surface area contributed by atoms with Gasteiger partial charge in [0, 0.05) is 12.1 Å². The van der Waals surface area contributed by atoms with Gasteiger partial charge in [0.1, 0.15) is 6.61 Å². The van der Waals surface area contributed by atoms with Crippen LogP contribution < -0.4 is 9.47 Å². The predicted molar refractivity (Wildman–Crippen MR) is 140 cm³/mol. The minimum absolute atomic E-state index is 0.0186. The van der Waals surface area contributed by atoms with Crippen molar-refractivity contribution in [3.63, 3.8) is 0 Å². The van der Waals surface area contributed by atoms with Gasteiger partial charge in [-0.15, -0.1) is 0 Å². The number of nitro groups is 1. The number of hydrazone groups is 1. The molecule has 1 saturated heterocycles. The molecular formula is C26H24IN3O6. The van der Waals surface area contributed by atoms with E-state index in [1.54, 1.807) is 18.2 Å². The van der Waals surface area contributed by atoms with Gasteiger partial charge in [0.25, 0.3) is 17.5 Å². The van der Waals surface area contributed by atoms with Gasteiger partial charge in [-0.05, 0) is 89.6 Å². The highest BCUT2D eigenvalue weighted by Gasteiger charge is 2.56. The molecule has 9 nitrogen and oxygen atoms in total. The molecule has 2 amide bonds. The summed E-state index contributed by atoms with van der Waals surface area (Å²) < 4.78 is 12.5. The third-order valence-electron chi connectivity index (χ3n) is 6.92. The highest BCUT2D eigenvalue weighted by molar-refractivity contribution is 14.1. The second-order valence-electron chi connectivity index (χ2n) is 9.05. The Balaban J connectivity index is 1.33. The summed E-state index contributed by atoms with van der Waals surface area (Å²) in [4.78, 5) is 36.4. The van der Waals surface area contributed by atoms with Gasteiger partial charge in [0.2, 0.25) is 0 Å². The van der Waals surface area contributed by atoms with Crippen molar-refractivity contribution in [2.45, 2.75) is 26.4 Å². The first kappa shape index (κ1) is 24.4. The zero-order chi connectivity index (χ0) is 25.4. The number of imide groups is 1. The van der Waals surface area contributed by atoms with Crippen LogP contribution in [-0.2, 0) is 16.2 Å². The van der Waals surface area contributed by atoms with Crippen molar-refractivity contribution >= 4 is 46.3 Å². The number of nitrogens with zero attached hydrogens (tertiary/aromatic N) is 3. The van der Waals surface area contributed by atoms with E-state index in [1.165, 1.54) is 18.3 Å². The quantitative estimate of drug-likeness (QED) is 0.108. The number of allylic oxidation sites excluding steroid dienone is 2. The number of benzene rings is 2. The van der Waals surface area contributed by atoms with E-state index in [0.717, 1.165) is 27.0 Å². The average molecular weight is 601 g/mol. The lowest BCUT2D eigenvalue weighted by Gasteiger charge is -2.37. The summed E-state index contributed by atoms with van der Waals surface area (Å²) in [5.41, 5.74) is 1.47. The number of hydrogen-bond donors (Lipinski definition) is 0. The molecule has 4 aliphatic rings. The minimum atomic E-state index is -0.445. The number of carbonyl (C=O) groups is 2. The third kappa shape index (κ3) is 4.49. The Morgan fingerprint density at radius 1 is 1.08 bits per heavy atom. The van der Waals surface area contributed by atoms with E-state index in [9.17, 15) is 19.7 Å². The molecule has 1 saturated carbocycles. The lowest BCUT2D eigenvalue weighted by molar-refractivity contribution is -0.384. The van der Waals surface area contributed by atoms with Gasteiger partial charge in [-0.2, -0.15) is 10.1 Å². The number of fused-ring (bicyclic) bond motifs is 1. The van der Waals surface area contributed by atoms with Crippen LogP contribution >= 0.6 is 22.6 Å².